The highest BCUT2D eigenvalue weighted by Crippen LogP contribution is 2.25. The van der Waals surface area contributed by atoms with Crippen molar-refractivity contribution in [2.45, 2.75) is 13.5 Å². The number of nitrogen functional groups attached to an aromatic ring is 1. The minimum atomic E-state index is -0.900. The molecule has 0 aliphatic carbocycles. The van der Waals surface area contributed by atoms with Crippen molar-refractivity contribution in [1.82, 2.24) is 9.55 Å². The van der Waals surface area contributed by atoms with Gasteiger partial charge in [0.1, 0.15) is 11.5 Å². The van der Waals surface area contributed by atoms with Crippen molar-refractivity contribution >= 4 is 5.82 Å². The maximum Gasteiger partial charge on any atom is 0.159 e. The van der Waals surface area contributed by atoms with Crippen LogP contribution in [0, 0.1) is 11.6 Å². The van der Waals surface area contributed by atoms with Gasteiger partial charge in [0.05, 0.1) is 6.33 Å². The van der Waals surface area contributed by atoms with Crippen LogP contribution in [-0.4, -0.2) is 9.55 Å². The van der Waals surface area contributed by atoms with E-state index in [4.69, 9.17) is 5.73 Å². The molecule has 0 amide bonds. The molecule has 2 aromatic rings. The number of hydrogen-bond donors (Lipinski definition) is 1. The van der Waals surface area contributed by atoms with Gasteiger partial charge in [-0.1, -0.05) is 0 Å². The van der Waals surface area contributed by atoms with Gasteiger partial charge in [0.15, 0.2) is 11.6 Å². The second-order valence-corrected chi connectivity index (χ2v) is 3.39. The fourth-order valence-corrected chi connectivity index (χ4v) is 1.51. The van der Waals surface area contributed by atoms with E-state index < -0.39 is 11.6 Å². The molecule has 0 atom stereocenters. The summed E-state index contributed by atoms with van der Waals surface area (Å²) in [5, 5.41) is 0. The lowest BCUT2D eigenvalue weighted by molar-refractivity contribution is 0.509. The van der Waals surface area contributed by atoms with Gasteiger partial charge in [0, 0.05) is 12.1 Å². The molecule has 16 heavy (non-hydrogen) atoms. The molecule has 0 saturated carbocycles. The summed E-state index contributed by atoms with van der Waals surface area (Å²) in [6.07, 6.45) is 1.58. The summed E-state index contributed by atoms with van der Waals surface area (Å²) in [6, 6.07) is 3.61. The number of nitrogens with zero attached hydrogens (tertiary/aromatic N) is 2. The first kappa shape index (κ1) is 10.6. The Labute approximate surface area is 91.5 Å². The van der Waals surface area contributed by atoms with E-state index in [9.17, 15) is 8.78 Å². The summed E-state index contributed by atoms with van der Waals surface area (Å²) in [5.41, 5.74) is 6.77. The summed E-state index contributed by atoms with van der Waals surface area (Å²) < 4.78 is 27.5. The van der Waals surface area contributed by atoms with Crippen molar-refractivity contribution in [3.63, 3.8) is 0 Å². The molecule has 0 aliphatic rings. The van der Waals surface area contributed by atoms with Gasteiger partial charge in [0.2, 0.25) is 0 Å². The molecule has 0 unspecified atom stereocenters. The molecule has 0 radical (unpaired) electrons. The van der Waals surface area contributed by atoms with Crippen LogP contribution in [0.2, 0.25) is 0 Å². The molecule has 2 rings (SSSR count). The lowest BCUT2D eigenvalue weighted by Crippen LogP contribution is -1.99. The third-order valence-corrected chi connectivity index (χ3v) is 2.41. The molecule has 0 saturated heterocycles. The molecule has 0 spiro atoms. The second-order valence-electron chi connectivity index (χ2n) is 3.39. The van der Waals surface area contributed by atoms with Crippen molar-refractivity contribution in [3.8, 4) is 11.3 Å². The third-order valence-electron chi connectivity index (χ3n) is 2.41. The van der Waals surface area contributed by atoms with Crippen LogP contribution in [0.1, 0.15) is 6.92 Å². The number of hydrogen-bond acceptors (Lipinski definition) is 2. The molecule has 1 aromatic heterocycles. The van der Waals surface area contributed by atoms with E-state index in [2.05, 4.69) is 4.98 Å². The van der Waals surface area contributed by atoms with E-state index in [0.29, 0.717) is 23.6 Å². The second kappa shape index (κ2) is 3.92. The predicted octanol–water partition coefficient (Wildman–Crippen LogP) is 2.43. The van der Waals surface area contributed by atoms with Gasteiger partial charge in [0.25, 0.3) is 0 Å². The van der Waals surface area contributed by atoms with Crippen molar-refractivity contribution in [2.75, 3.05) is 5.73 Å². The van der Waals surface area contributed by atoms with Crippen molar-refractivity contribution in [1.29, 1.82) is 0 Å². The lowest BCUT2D eigenvalue weighted by atomic mass is 10.1. The smallest absolute Gasteiger partial charge is 0.159 e. The normalized spacial score (nSPS) is 10.7. The average Bonchev–Trinajstić information content (AvgIpc) is 2.64. The van der Waals surface area contributed by atoms with Crippen molar-refractivity contribution < 1.29 is 8.78 Å². The minimum absolute atomic E-state index is 0.452. The van der Waals surface area contributed by atoms with E-state index in [1.54, 1.807) is 10.9 Å². The standard InChI is InChI=1S/C11H11F2N3/c1-2-16-6-15-10(11(16)14)7-3-4-8(12)9(13)5-7/h3-6H,2,14H2,1H3. The molecular weight excluding hydrogens is 212 g/mol. The Kier molecular flexibility index (Phi) is 2.60. The first-order chi connectivity index (χ1) is 7.63. The highest BCUT2D eigenvalue weighted by atomic mass is 19.2. The van der Waals surface area contributed by atoms with Crippen LogP contribution in [0.25, 0.3) is 11.3 Å². The number of aryl methyl sites for hydroxylation is 1. The van der Waals surface area contributed by atoms with Crippen LogP contribution >= 0.6 is 0 Å². The summed E-state index contributed by atoms with van der Waals surface area (Å²) in [5.74, 6) is -1.33. The third kappa shape index (κ3) is 1.64. The Morgan fingerprint density at radius 2 is 2.06 bits per heavy atom. The highest BCUT2D eigenvalue weighted by Gasteiger charge is 2.11. The zero-order valence-electron chi connectivity index (χ0n) is 8.74. The summed E-state index contributed by atoms with van der Waals surface area (Å²) >= 11 is 0. The zero-order valence-corrected chi connectivity index (χ0v) is 8.74. The molecular formula is C11H11F2N3. The van der Waals surface area contributed by atoms with E-state index >= 15 is 0 Å². The number of anilines is 1. The molecule has 3 nitrogen and oxygen atoms in total. The number of imidazole rings is 1. The Bertz CT molecular complexity index is 520. The highest BCUT2D eigenvalue weighted by molar-refractivity contribution is 5.70. The Hall–Kier alpha value is -1.91. The fraction of sp³-hybridized carbons (Fsp3) is 0.182. The maximum atomic E-state index is 13.0. The molecule has 1 aromatic carbocycles. The zero-order chi connectivity index (χ0) is 11.7. The number of halogens is 2. The van der Waals surface area contributed by atoms with Crippen LogP contribution in [0.15, 0.2) is 24.5 Å². The molecule has 0 aliphatic heterocycles. The van der Waals surface area contributed by atoms with Crippen LogP contribution in [0.3, 0.4) is 0 Å². The molecule has 84 valence electrons. The first-order valence-electron chi connectivity index (χ1n) is 4.89. The van der Waals surface area contributed by atoms with E-state index in [-0.39, 0.29) is 0 Å². The Balaban J connectivity index is 2.50. The quantitative estimate of drug-likeness (QED) is 0.849. The van der Waals surface area contributed by atoms with Crippen molar-refractivity contribution in [3.05, 3.63) is 36.2 Å². The van der Waals surface area contributed by atoms with Gasteiger partial charge in [-0.05, 0) is 25.1 Å². The Morgan fingerprint density at radius 1 is 1.31 bits per heavy atom. The van der Waals surface area contributed by atoms with Gasteiger partial charge in [-0.25, -0.2) is 13.8 Å². The SMILES string of the molecule is CCn1cnc(-c2ccc(F)c(F)c2)c1N. The van der Waals surface area contributed by atoms with Gasteiger partial charge in [-0.15, -0.1) is 0 Å². The minimum Gasteiger partial charge on any atom is -0.383 e. The average molecular weight is 223 g/mol. The first-order valence-corrected chi connectivity index (χ1v) is 4.89. The number of rotatable bonds is 2. The van der Waals surface area contributed by atoms with Gasteiger partial charge in [-0.3, -0.25) is 0 Å². The predicted molar refractivity (Wildman–Crippen MR) is 57.7 cm³/mol. The van der Waals surface area contributed by atoms with Crippen LogP contribution in [0.4, 0.5) is 14.6 Å². The number of aromatic nitrogens is 2. The summed E-state index contributed by atoms with van der Waals surface area (Å²) in [7, 11) is 0. The van der Waals surface area contributed by atoms with Gasteiger partial charge >= 0.3 is 0 Å². The van der Waals surface area contributed by atoms with E-state index in [1.165, 1.54) is 6.07 Å². The van der Waals surface area contributed by atoms with Crippen LogP contribution in [0.5, 0.6) is 0 Å². The van der Waals surface area contributed by atoms with E-state index in [0.717, 1.165) is 12.1 Å². The number of nitrogens with two attached hydrogens (primary N) is 1. The fourth-order valence-electron chi connectivity index (χ4n) is 1.51. The van der Waals surface area contributed by atoms with Crippen LogP contribution < -0.4 is 5.73 Å². The van der Waals surface area contributed by atoms with Gasteiger partial charge in [-0.2, -0.15) is 0 Å². The number of benzene rings is 1. The molecule has 0 fully saturated rings. The maximum absolute atomic E-state index is 13.0. The van der Waals surface area contributed by atoms with Crippen LogP contribution in [-0.2, 0) is 6.54 Å². The monoisotopic (exact) mass is 223 g/mol. The van der Waals surface area contributed by atoms with Gasteiger partial charge < -0.3 is 10.3 Å². The summed E-state index contributed by atoms with van der Waals surface area (Å²) in [6.45, 7) is 2.61. The molecule has 0 bridgehead atoms. The summed E-state index contributed by atoms with van der Waals surface area (Å²) in [4.78, 5) is 4.08. The largest absolute Gasteiger partial charge is 0.383 e. The topological polar surface area (TPSA) is 43.8 Å². The Morgan fingerprint density at radius 3 is 2.62 bits per heavy atom. The van der Waals surface area contributed by atoms with Crippen molar-refractivity contribution in [2.24, 2.45) is 0 Å². The lowest BCUT2D eigenvalue weighted by Gasteiger charge is -2.02. The molecule has 1 heterocycles. The molecule has 5 heteroatoms. The molecule has 2 N–H and O–H groups in total. The van der Waals surface area contributed by atoms with E-state index in [1.807, 2.05) is 6.92 Å².